The van der Waals surface area contributed by atoms with E-state index in [9.17, 15) is 9.59 Å². The largest absolute Gasteiger partial charge is 0.495 e. The average molecular weight is 305 g/mol. The molecular weight excluding hydrogens is 282 g/mol. The first-order chi connectivity index (χ1) is 10.6. The maximum atomic E-state index is 12.0. The minimum atomic E-state index is -0.542. The van der Waals surface area contributed by atoms with E-state index in [1.807, 2.05) is 6.07 Å². The van der Waals surface area contributed by atoms with Crippen LogP contribution in [0.25, 0.3) is 0 Å². The van der Waals surface area contributed by atoms with E-state index in [-0.39, 0.29) is 12.5 Å². The van der Waals surface area contributed by atoms with E-state index in [1.165, 1.54) is 13.5 Å². The molecule has 2 N–H and O–H groups in total. The highest BCUT2D eigenvalue weighted by atomic mass is 16.5. The fourth-order valence-electron chi connectivity index (χ4n) is 2.64. The van der Waals surface area contributed by atoms with Crippen LogP contribution in [0.3, 0.4) is 0 Å². The first-order valence-corrected chi connectivity index (χ1v) is 7.58. The van der Waals surface area contributed by atoms with Crippen LogP contribution in [0.1, 0.15) is 26.2 Å². The molecule has 0 radical (unpaired) electrons. The van der Waals surface area contributed by atoms with Crippen molar-refractivity contribution in [1.82, 2.24) is 10.2 Å². The third kappa shape index (κ3) is 4.46. The van der Waals surface area contributed by atoms with Gasteiger partial charge in [0.1, 0.15) is 5.75 Å². The lowest BCUT2D eigenvalue weighted by Crippen LogP contribution is -2.46. The van der Waals surface area contributed by atoms with Crippen molar-refractivity contribution in [3.63, 3.8) is 0 Å². The minimum absolute atomic E-state index is 0.251. The summed E-state index contributed by atoms with van der Waals surface area (Å²) in [5.74, 6) is 0.260. The van der Waals surface area contributed by atoms with Gasteiger partial charge in [0.2, 0.25) is 5.91 Å². The second kappa shape index (κ2) is 7.79. The quantitative estimate of drug-likeness (QED) is 0.895. The molecule has 1 fully saturated rings. The number of imide groups is 1. The van der Waals surface area contributed by atoms with E-state index in [2.05, 4.69) is 22.5 Å². The number of methoxy groups -OCH3 is 1. The number of hydrogen-bond donors (Lipinski definition) is 2. The van der Waals surface area contributed by atoms with Crippen LogP contribution in [-0.4, -0.2) is 43.1 Å². The molecule has 0 saturated carbocycles. The van der Waals surface area contributed by atoms with Crippen molar-refractivity contribution in [2.75, 3.05) is 25.5 Å². The van der Waals surface area contributed by atoms with E-state index in [0.29, 0.717) is 17.5 Å². The number of urea groups is 1. The lowest BCUT2D eigenvalue weighted by molar-refractivity contribution is -0.121. The molecule has 1 heterocycles. The van der Waals surface area contributed by atoms with Gasteiger partial charge in [-0.15, -0.1) is 0 Å². The van der Waals surface area contributed by atoms with E-state index < -0.39 is 6.03 Å². The van der Waals surface area contributed by atoms with Gasteiger partial charge >= 0.3 is 6.03 Å². The van der Waals surface area contributed by atoms with E-state index in [0.717, 1.165) is 19.4 Å². The Morgan fingerprint density at radius 3 is 2.82 bits per heavy atom. The molecule has 1 aromatic rings. The Labute approximate surface area is 130 Å². The number of amides is 3. The van der Waals surface area contributed by atoms with Crippen molar-refractivity contribution in [3.8, 4) is 5.75 Å². The summed E-state index contributed by atoms with van der Waals surface area (Å²) >= 11 is 0. The molecule has 1 aliphatic heterocycles. The monoisotopic (exact) mass is 305 g/mol. The zero-order valence-corrected chi connectivity index (χ0v) is 13.1. The fraction of sp³-hybridized carbons (Fsp3) is 0.500. The maximum Gasteiger partial charge on any atom is 0.326 e. The Kier molecular flexibility index (Phi) is 5.77. The minimum Gasteiger partial charge on any atom is -0.495 e. The molecule has 6 heteroatoms. The summed E-state index contributed by atoms with van der Waals surface area (Å²) in [4.78, 5) is 26.0. The molecule has 6 nitrogen and oxygen atoms in total. The van der Waals surface area contributed by atoms with Crippen LogP contribution < -0.4 is 15.4 Å². The third-order valence-corrected chi connectivity index (χ3v) is 3.90. The predicted octanol–water partition coefficient (Wildman–Crippen LogP) is 2.22. The second-order valence-corrected chi connectivity index (χ2v) is 5.52. The van der Waals surface area contributed by atoms with Gasteiger partial charge in [-0.1, -0.05) is 18.6 Å². The topological polar surface area (TPSA) is 70.7 Å². The molecule has 0 spiro atoms. The van der Waals surface area contributed by atoms with E-state index in [4.69, 9.17) is 4.74 Å². The zero-order valence-electron chi connectivity index (χ0n) is 13.1. The summed E-state index contributed by atoms with van der Waals surface area (Å²) in [5.41, 5.74) is 0.529. The summed E-state index contributed by atoms with van der Waals surface area (Å²) in [5, 5.41) is 4.99. The van der Waals surface area contributed by atoms with Crippen LogP contribution in [0.15, 0.2) is 24.3 Å². The number of ether oxygens (including phenoxy) is 1. The van der Waals surface area contributed by atoms with Crippen LogP contribution in [0.2, 0.25) is 0 Å². The van der Waals surface area contributed by atoms with Crippen molar-refractivity contribution in [3.05, 3.63) is 24.3 Å². The summed E-state index contributed by atoms with van der Waals surface area (Å²) in [7, 11) is 1.53. The summed E-state index contributed by atoms with van der Waals surface area (Å²) in [6.45, 7) is 3.27. The fourth-order valence-corrected chi connectivity index (χ4v) is 2.64. The Hall–Kier alpha value is -2.08. The highest BCUT2D eigenvalue weighted by molar-refractivity contribution is 6.02. The number of piperidine rings is 1. The van der Waals surface area contributed by atoms with Crippen LogP contribution in [0.5, 0.6) is 5.75 Å². The number of para-hydroxylation sites is 2. The molecule has 0 aliphatic carbocycles. The standard InChI is InChI=1S/C16H23N3O3/c1-12-7-5-6-10-19(12)11-15(20)18-16(21)17-13-8-3-4-9-14(13)22-2/h3-4,8-9,12H,5-7,10-11H2,1-2H3,(H2,17,18,20,21). The Morgan fingerprint density at radius 1 is 1.32 bits per heavy atom. The highest BCUT2D eigenvalue weighted by Crippen LogP contribution is 2.22. The summed E-state index contributed by atoms with van der Waals surface area (Å²) < 4.78 is 5.15. The second-order valence-electron chi connectivity index (χ2n) is 5.52. The first kappa shape index (κ1) is 16.3. The van der Waals surface area contributed by atoms with Crippen molar-refractivity contribution < 1.29 is 14.3 Å². The SMILES string of the molecule is COc1ccccc1NC(=O)NC(=O)CN1CCCCC1C. The lowest BCUT2D eigenvalue weighted by atomic mass is 10.0. The molecule has 0 bridgehead atoms. The predicted molar refractivity (Wildman–Crippen MR) is 85.0 cm³/mol. The molecular formula is C16H23N3O3. The molecule has 1 aliphatic rings. The highest BCUT2D eigenvalue weighted by Gasteiger charge is 2.21. The molecule has 22 heavy (non-hydrogen) atoms. The van der Waals surface area contributed by atoms with Gasteiger partial charge in [0.05, 0.1) is 19.3 Å². The van der Waals surface area contributed by atoms with Crippen LogP contribution in [0.4, 0.5) is 10.5 Å². The third-order valence-electron chi connectivity index (χ3n) is 3.90. The molecule has 1 saturated heterocycles. The lowest BCUT2D eigenvalue weighted by Gasteiger charge is -2.32. The van der Waals surface area contributed by atoms with Gasteiger partial charge in [-0.3, -0.25) is 15.0 Å². The van der Waals surface area contributed by atoms with Gasteiger partial charge in [-0.05, 0) is 38.4 Å². The van der Waals surface area contributed by atoms with Crippen LogP contribution in [0, 0.1) is 0 Å². The summed E-state index contributed by atoms with van der Waals surface area (Å²) in [6.07, 6.45) is 3.40. The zero-order chi connectivity index (χ0) is 15.9. The molecule has 3 amide bonds. The van der Waals surface area contributed by atoms with Crippen LogP contribution in [-0.2, 0) is 4.79 Å². The number of anilines is 1. The van der Waals surface area contributed by atoms with Crippen molar-refractivity contribution in [2.45, 2.75) is 32.2 Å². The number of carbonyl (C=O) groups is 2. The molecule has 1 atom stereocenters. The summed E-state index contributed by atoms with van der Waals surface area (Å²) in [6, 6.07) is 6.90. The van der Waals surface area contributed by atoms with Gasteiger partial charge in [-0.25, -0.2) is 4.79 Å². The van der Waals surface area contributed by atoms with Crippen molar-refractivity contribution in [1.29, 1.82) is 0 Å². The Bertz CT molecular complexity index is 533. The molecule has 1 aromatic carbocycles. The molecule has 1 unspecified atom stereocenters. The normalized spacial score (nSPS) is 18.5. The molecule has 2 rings (SSSR count). The molecule has 120 valence electrons. The van der Waals surface area contributed by atoms with Gasteiger partial charge in [0.25, 0.3) is 0 Å². The smallest absolute Gasteiger partial charge is 0.326 e. The van der Waals surface area contributed by atoms with E-state index >= 15 is 0 Å². The average Bonchev–Trinajstić information content (AvgIpc) is 2.50. The number of carbonyl (C=O) groups excluding carboxylic acids is 2. The molecule has 0 aromatic heterocycles. The number of hydrogen-bond acceptors (Lipinski definition) is 4. The number of likely N-dealkylation sites (tertiary alicyclic amines) is 1. The number of nitrogens with zero attached hydrogens (tertiary/aromatic N) is 1. The van der Waals surface area contributed by atoms with E-state index in [1.54, 1.807) is 18.2 Å². The first-order valence-electron chi connectivity index (χ1n) is 7.58. The van der Waals surface area contributed by atoms with Crippen LogP contribution >= 0.6 is 0 Å². The van der Waals surface area contributed by atoms with Gasteiger partial charge in [-0.2, -0.15) is 0 Å². The maximum absolute atomic E-state index is 12.0. The Morgan fingerprint density at radius 2 is 2.09 bits per heavy atom. The number of nitrogens with one attached hydrogen (secondary N) is 2. The van der Waals surface area contributed by atoms with Gasteiger partial charge < -0.3 is 10.1 Å². The van der Waals surface area contributed by atoms with Gasteiger partial charge in [0.15, 0.2) is 0 Å². The van der Waals surface area contributed by atoms with Gasteiger partial charge in [0, 0.05) is 6.04 Å². The Balaban J connectivity index is 1.84. The number of benzene rings is 1. The van der Waals surface area contributed by atoms with Crippen molar-refractivity contribution in [2.24, 2.45) is 0 Å². The van der Waals surface area contributed by atoms with Crippen molar-refractivity contribution >= 4 is 17.6 Å². The number of rotatable bonds is 4.